The lowest BCUT2D eigenvalue weighted by atomic mass is 10.0. The molecular formula is C23H28O4. The van der Waals surface area contributed by atoms with E-state index in [0.29, 0.717) is 12.2 Å². The van der Waals surface area contributed by atoms with Gasteiger partial charge >= 0.3 is 11.9 Å². The molecule has 4 heteroatoms. The average molecular weight is 368 g/mol. The summed E-state index contributed by atoms with van der Waals surface area (Å²) in [6, 6.07) is 15.3. The molecule has 2 rings (SSSR count). The van der Waals surface area contributed by atoms with Crippen LogP contribution >= 0.6 is 0 Å². The molecule has 0 saturated heterocycles. The van der Waals surface area contributed by atoms with Crippen molar-refractivity contribution in [3.05, 3.63) is 59.7 Å². The van der Waals surface area contributed by atoms with Crippen molar-refractivity contribution in [2.45, 2.75) is 52.6 Å². The first-order valence-corrected chi connectivity index (χ1v) is 9.56. The minimum absolute atomic E-state index is 0.272. The van der Waals surface area contributed by atoms with Gasteiger partial charge < -0.3 is 9.47 Å². The highest BCUT2D eigenvalue weighted by Gasteiger charge is 2.10. The van der Waals surface area contributed by atoms with Crippen molar-refractivity contribution in [1.29, 1.82) is 0 Å². The van der Waals surface area contributed by atoms with Crippen LogP contribution in [0.15, 0.2) is 48.5 Å². The highest BCUT2D eigenvalue weighted by Crippen LogP contribution is 2.24. The van der Waals surface area contributed by atoms with E-state index in [4.69, 9.17) is 9.47 Å². The zero-order chi connectivity index (χ0) is 19.6. The van der Waals surface area contributed by atoms with Crippen molar-refractivity contribution in [3.8, 4) is 11.1 Å². The molecule has 0 spiro atoms. The van der Waals surface area contributed by atoms with Crippen LogP contribution in [0.4, 0.5) is 0 Å². The van der Waals surface area contributed by atoms with Gasteiger partial charge in [-0.2, -0.15) is 0 Å². The minimum Gasteiger partial charge on any atom is -0.462 e. The molecule has 2 aromatic carbocycles. The van der Waals surface area contributed by atoms with Gasteiger partial charge in [0.1, 0.15) is 6.10 Å². The van der Waals surface area contributed by atoms with Crippen LogP contribution in [0, 0.1) is 0 Å². The standard InChI is InChI=1S/C23H28O4/c1-4-5-6-7-16-26-23(25)22-14-12-21(13-15-22)20-10-8-19(9-11-20)17(2)27-18(3)24/h8-15,17H,4-7,16H2,1-3H3. The van der Waals surface area contributed by atoms with Crippen molar-refractivity contribution >= 4 is 11.9 Å². The summed E-state index contributed by atoms with van der Waals surface area (Å²) in [5.74, 6) is -0.567. The maximum Gasteiger partial charge on any atom is 0.338 e. The van der Waals surface area contributed by atoms with Gasteiger partial charge in [0.15, 0.2) is 0 Å². The summed E-state index contributed by atoms with van der Waals surface area (Å²) in [5.41, 5.74) is 3.56. The van der Waals surface area contributed by atoms with Gasteiger partial charge in [-0.1, -0.05) is 62.6 Å². The molecule has 0 saturated carbocycles. The fraction of sp³-hybridized carbons (Fsp3) is 0.391. The van der Waals surface area contributed by atoms with Crippen LogP contribution in [-0.4, -0.2) is 18.5 Å². The van der Waals surface area contributed by atoms with E-state index in [1.807, 2.05) is 43.3 Å². The predicted octanol–water partition coefficient (Wildman–Crippen LogP) is 5.71. The highest BCUT2D eigenvalue weighted by molar-refractivity contribution is 5.90. The Kier molecular flexibility index (Phi) is 8.05. The van der Waals surface area contributed by atoms with Crippen LogP contribution in [0.25, 0.3) is 11.1 Å². The van der Waals surface area contributed by atoms with Crippen molar-refractivity contribution in [2.75, 3.05) is 6.61 Å². The van der Waals surface area contributed by atoms with Crippen molar-refractivity contribution in [2.24, 2.45) is 0 Å². The number of hydrogen-bond acceptors (Lipinski definition) is 4. The first-order chi connectivity index (χ1) is 13.0. The number of benzene rings is 2. The molecule has 27 heavy (non-hydrogen) atoms. The molecule has 0 radical (unpaired) electrons. The summed E-state index contributed by atoms with van der Waals surface area (Å²) in [6.07, 6.45) is 4.07. The molecule has 4 nitrogen and oxygen atoms in total. The largest absolute Gasteiger partial charge is 0.462 e. The zero-order valence-corrected chi connectivity index (χ0v) is 16.4. The Bertz CT molecular complexity index is 732. The summed E-state index contributed by atoms with van der Waals surface area (Å²) in [7, 11) is 0. The molecule has 0 N–H and O–H groups in total. The average Bonchev–Trinajstić information content (AvgIpc) is 2.67. The highest BCUT2D eigenvalue weighted by atomic mass is 16.5. The molecule has 0 amide bonds. The van der Waals surface area contributed by atoms with Gasteiger partial charge in [0, 0.05) is 6.92 Å². The SMILES string of the molecule is CCCCCCOC(=O)c1ccc(-c2ccc(C(C)OC(C)=O)cc2)cc1. The Morgan fingerprint density at radius 3 is 2.04 bits per heavy atom. The lowest BCUT2D eigenvalue weighted by Crippen LogP contribution is -2.06. The van der Waals surface area contributed by atoms with E-state index < -0.39 is 0 Å². The van der Waals surface area contributed by atoms with E-state index in [-0.39, 0.29) is 18.0 Å². The lowest BCUT2D eigenvalue weighted by Gasteiger charge is -2.12. The van der Waals surface area contributed by atoms with E-state index in [9.17, 15) is 9.59 Å². The molecule has 0 aliphatic rings. The second-order valence-corrected chi connectivity index (χ2v) is 6.65. The molecule has 2 aromatic rings. The molecule has 1 unspecified atom stereocenters. The van der Waals surface area contributed by atoms with Crippen LogP contribution in [-0.2, 0) is 14.3 Å². The van der Waals surface area contributed by atoms with E-state index in [1.54, 1.807) is 12.1 Å². The topological polar surface area (TPSA) is 52.6 Å². The monoisotopic (exact) mass is 368 g/mol. The number of hydrogen-bond donors (Lipinski definition) is 0. The number of unbranched alkanes of at least 4 members (excludes halogenated alkanes) is 3. The van der Waals surface area contributed by atoms with Crippen LogP contribution in [0.5, 0.6) is 0 Å². The molecule has 144 valence electrons. The maximum absolute atomic E-state index is 12.1. The number of rotatable bonds is 9. The number of esters is 2. The Balaban J connectivity index is 1.94. The second-order valence-electron chi connectivity index (χ2n) is 6.65. The molecule has 0 heterocycles. The van der Waals surface area contributed by atoms with Crippen LogP contribution in [0.3, 0.4) is 0 Å². The van der Waals surface area contributed by atoms with Gasteiger partial charge in [-0.05, 0) is 42.2 Å². The Labute approximate surface area is 161 Å². The van der Waals surface area contributed by atoms with Crippen LogP contribution in [0.1, 0.15) is 68.5 Å². The summed E-state index contributed by atoms with van der Waals surface area (Å²) in [6.45, 7) is 5.88. The van der Waals surface area contributed by atoms with Gasteiger partial charge in [0.05, 0.1) is 12.2 Å². The maximum atomic E-state index is 12.1. The molecule has 0 aliphatic heterocycles. The first kappa shape index (κ1) is 20.7. The van der Waals surface area contributed by atoms with Crippen molar-refractivity contribution < 1.29 is 19.1 Å². The van der Waals surface area contributed by atoms with E-state index in [2.05, 4.69) is 6.92 Å². The molecule has 0 aliphatic carbocycles. The third-order valence-corrected chi connectivity index (χ3v) is 4.41. The normalized spacial score (nSPS) is 11.7. The molecule has 0 fully saturated rings. The quantitative estimate of drug-likeness (QED) is 0.420. The summed E-state index contributed by atoms with van der Waals surface area (Å²) in [4.78, 5) is 23.1. The molecular weight excluding hydrogens is 340 g/mol. The molecule has 0 aromatic heterocycles. The number of carbonyl (C=O) groups is 2. The smallest absolute Gasteiger partial charge is 0.338 e. The molecule has 1 atom stereocenters. The van der Waals surface area contributed by atoms with Gasteiger partial charge in [0.2, 0.25) is 0 Å². The van der Waals surface area contributed by atoms with Gasteiger partial charge in [-0.15, -0.1) is 0 Å². The number of carbonyl (C=O) groups excluding carboxylic acids is 2. The van der Waals surface area contributed by atoms with Crippen molar-refractivity contribution in [1.82, 2.24) is 0 Å². The summed E-state index contributed by atoms with van der Waals surface area (Å²) < 4.78 is 10.5. The third-order valence-electron chi connectivity index (χ3n) is 4.41. The van der Waals surface area contributed by atoms with Gasteiger partial charge in [0.25, 0.3) is 0 Å². The molecule has 0 bridgehead atoms. The Hall–Kier alpha value is -2.62. The predicted molar refractivity (Wildman–Crippen MR) is 106 cm³/mol. The fourth-order valence-corrected chi connectivity index (χ4v) is 2.84. The van der Waals surface area contributed by atoms with Crippen LogP contribution < -0.4 is 0 Å². The Morgan fingerprint density at radius 1 is 0.889 bits per heavy atom. The number of ether oxygens (including phenoxy) is 2. The zero-order valence-electron chi connectivity index (χ0n) is 16.4. The van der Waals surface area contributed by atoms with E-state index >= 15 is 0 Å². The van der Waals surface area contributed by atoms with Gasteiger partial charge in [-0.3, -0.25) is 4.79 Å². The van der Waals surface area contributed by atoms with Crippen molar-refractivity contribution in [3.63, 3.8) is 0 Å². The minimum atomic E-state index is -0.292. The summed E-state index contributed by atoms with van der Waals surface area (Å²) >= 11 is 0. The second kappa shape index (κ2) is 10.5. The van der Waals surface area contributed by atoms with E-state index in [0.717, 1.165) is 29.5 Å². The Morgan fingerprint density at radius 2 is 1.48 bits per heavy atom. The third kappa shape index (κ3) is 6.55. The first-order valence-electron chi connectivity index (χ1n) is 9.56. The van der Waals surface area contributed by atoms with Crippen LogP contribution in [0.2, 0.25) is 0 Å². The lowest BCUT2D eigenvalue weighted by molar-refractivity contribution is -0.145. The van der Waals surface area contributed by atoms with E-state index in [1.165, 1.54) is 19.8 Å². The van der Waals surface area contributed by atoms with Gasteiger partial charge in [-0.25, -0.2) is 4.79 Å². The summed E-state index contributed by atoms with van der Waals surface area (Å²) in [5, 5.41) is 0. The fourth-order valence-electron chi connectivity index (χ4n) is 2.84.